The third-order valence-corrected chi connectivity index (χ3v) is 6.21. The molecule has 1 aliphatic carbocycles. The molecule has 1 N–H and O–H groups in total. The van der Waals surface area contributed by atoms with Gasteiger partial charge in [0, 0.05) is 35.4 Å². The number of fused-ring (bicyclic) bond motifs is 2. The minimum atomic E-state index is -0.133. The fourth-order valence-electron chi connectivity index (χ4n) is 4.87. The zero-order valence-corrected chi connectivity index (χ0v) is 18.4. The van der Waals surface area contributed by atoms with E-state index in [1.54, 1.807) is 0 Å². The number of carbonyl (C=O) groups excluding carboxylic acids is 1. The molecule has 0 radical (unpaired) electrons. The molecule has 0 fully saturated rings. The largest absolute Gasteiger partial charge is 0.494 e. The van der Waals surface area contributed by atoms with Gasteiger partial charge in [0.05, 0.1) is 6.61 Å². The Morgan fingerprint density at radius 1 is 1.06 bits per heavy atom. The normalized spacial score (nSPS) is 21.1. The molecular formula is C26H29NO4. The molecule has 5 nitrogen and oxygen atoms in total. The van der Waals surface area contributed by atoms with E-state index >= 15 is 0 Å². The molecule has 2 aromatic rings. The summed E-state index contributed by atoms with van der Waals surface area (Å²) in [5.41, 5.74) is 4.98. The maximum atomic E-state index is 13.4. The molecule has 5 heteroatoms. The van der Waals surface area contributed by atoms with Crippen LogP contribution in [0.4, 0.5) is 5.69 Å². The van der Waals surface area contributed by atoms with Gasteiger partial charge in [-0.2, -0.15) is 0 Å². The molecule has 0 saturated heterocycles. The van der Waals surface area contributed by atoms with Gasteiger partial charge in [-0.15, -0.1) is 0 Å². The maximum absolute atomic E-state index is 13.4. The van der Waals surface area contributed by atoms with Crippen molar-refractivity contribution < 1.29 is 19.0 Å². The van der Waals surface area contributed by atoms with Gasteiger partial charge in [-0.3, -0.25) is 4.79 Å². The van der Waals surface area contributed by atoms with E-state index in [1.165, 1.54) is 0 Å². The predicted molar refractivity (Wildman–Crippen MR) is 120 cm³/mol. The van der Waals surface area contributed by atoms with Gasteiger partial charge < -0.3 is 19.5 Å². The van der Waals surface area contributed by atoms with E-state index in [2.05, 4.69) is 38.2 Å². The van der Waals surface area contributed by atoms with Crippen molar-refractivity contribution in [1.82, 2.24) is 0 Å². The Morgan fingerprint density at radius 3 is 2.48 bits per heavy atom. The van der Waals surface area contributed by atoms with Gasteiger partial charge in [0.15, 0.2) is 17.3 Å². The van der Waals surface area contributed by atoms with E-state index in [0.29, 0.717) is 26.2 Å². The number of Topliss-reactive ketones (excluding diaryl/α,β-unsaturated/α-hetero) is 1. The monoisotopic (exact) mass is 419 g/mol. The van der Waals surface area contributed by atoms with Gasteiger partial charge in [-0.05, 0) is 47.6 Å². The number of ether oxygens (including phenoxy) is 3. The molecule has 0 saturated carbocycles. The number of anilines is 1. The van der Waals surface area contributed by atoms with Crippen molar-refractivity contribution >= 4 is 11.5 Å². The second kappa shape index (κ2) is 7.63. The predicted octanol–water partition coefficient (Wildman–Crippen LogP) is 5.45. The molecule has 0 spiro atoms. The SMILES string of the molecule is CCCOc1ccc([C@@H]2C3=C(CC(C)(C)CC3=O)Nc3cc4c(cc32)OCCO4)cc1. The number of allylic oxidation sites excluding steroid dienone is 2. The lowest BCUT2D eigenvalue weighted by Crippen LogP contribution is -2.34. The number of ketones is 1. The van der Waals surface area contributed by atoms with E-state index in [9.17, 15) is 4.79 Å². The molecule has 2 heterocycles. The first-order valence-corrected chi connectivity index (χ1v) is 11.1. The van der Waals surface area contributed by atoms with Gasteiger partial charge >= 0.3 is 0 Å². The molecule has 5 rings (SSSR count). The average molecular weight is 420 g/mol. The van der Waals surface area contributed by atoms with Crippen LogP contribution in [0.2, 0.25) is 0 Å². The zero-order chi connectivity index (χ0) is 21.6. The Hall–Kier alpha value is -2.95. The zero-order valence-electron chi connectivity index (χ0n) is 18.4. The van der Waals surface area contributed by atoms with Crippen molar-refractivity contribution in [3.63, 3.8) is 0 Å². The summed E-state index contributed by atoms with van der Waals surface area (Å²) in [5.74, 6) is 2.44. The molecule has 31 heavy (non-hydrogen) atoms. The summed E-state index contributed by atoms with van der Waals surface area (Å²) in [6, 6.07) is 12.2. The molecule has 0 amide bonds. The third-order valence-electron chi connectivity index (χ3n) is 6.21. The summed E-state index contributed by atoms with van der Waals surface area (Å²) >= 11 is 0. The maximum Gasteiger partial charge on any atom is 0.163 e. The Balaban J connectivity index is 1.63. The quantitative estimate of drug-likeness (QED) is 0.714. The number of benzene rings is 2. The van der Waals surface area contributed by atoms with Crippen LogP contribution in [0.5, 0.6) is 17.2 Å². The van der Waals surface area contributed by atoms with E-state index in [0.717, 1.165) is 58.2 Å². The highest BCUT2D eigenvalue weighted by Crippen LogP contribution is 2.51. The van der Waals surface area contributed by atoms with Gasteiger partial charge in [0.1, 0.15) is 19.0 Å². The number of carbonyl (C=O) groups is 1. The van der Waals surface area contributed by atoms with E-state index in [-0.39, 0.29) is 17.1 Å². The van der Waals surface area contributed by atoms with Crippen LogP contribution in [0, 0.1) is 5.41 Å². The highest BCUT2D eigenvalue weighted by molar-refractivity contribution is 6.01. The van der Waals surface area contributed by atoms with Crippen molar-refractivity contribution in [3.05, 3.63) is 58.8 Å². The van der Waals surface area contributed by atoms with E-state index in [4.69, 9.17) is 14.2 Å². The molecule has 1 atom stereocenters. The van der Waals surface area contributed by atoms with Gasteiger partial charge in [0.25, 0.3) is 0 Å². The van der Waals surface area contributed by atoms with Crippen LogP contribution in [0.1, 0.15) is 57.1 Å². The van der Waals surface area contributed by atoms with Crippen molar-refractivity contribution in [3.8, 4) is 17.2 Å². The summed E-state index contributed by atoms with van der Waals surface area (Å²) in [6.07, 6.45) is 2.37. The summed E-state index contributed by atoms with van der Waals surface area (Å²) in [5, 5.41) is 3.57. The molecule has 162 valence electrons. The highest BCUT2D eigenvalue weighted by atomic mass is 16.6. The lowest BCUT2D eigenvalue weighted by atomic mass is 9.68. The second-order valence-corrected chi connectivity index (χ2v) is 9.39. The standard InChI is InChI=1S/C26H29NO4/c1-4-9-29-17-7-5-16(6-8-17)24-18-12-22-23(31-11-10-30-22)13-19(18)27-20-14-26(2,3)15-21(28)25(20)24/h5-8,12-13,24,27H,4,9-11,14-15H2,1-3H3/t24-/m0/s1. The van der Waals surface area contributed by atoms with Gasteiger partial charge in [-0.25, -0.2) is 0 Å². The van der Waals surface area contributed by atoms with Crippen LogP contribution in [0.3, 0.4) is 0 Å². The molecule has 2 aliphatic heterocycles. The van der Waals surface area contributed by atoms with E-state index in [1.807, 2.05) is 24.3 Å². The number of nitrogens with one attached hydrogen (secondary N) is 1. The average Bonchev–Trinajstić information content (AvgIpc) is 2.74. The first kappa shape index (κ1) is 20.0. The Bertz CT molecular complexity index is 1050. The summed E-state index contributed by atoms with van der Waals surface area (Å²) in [7, 11) is 0. The molecule has 0 aromatic heterocycles. The summed E-state index contributed by atoms with van der Waals surface area (Å²) in [4.78, 5) is 13.4. The Labute approximate surface area is 183 Å². The minimum absolute atomic E-state index is 0.0589. The number of hydrogen-bond donors (Lipinski definition) is 1. The first-order valence-electron chi connectivity index (χ1n) is 11.1. The lowest BCUT2D eigenvalue weighted by molar-refractivity contribution is -0.118. The fourth-order valence-corrected chi connectivity index (χ4v) is 4.87. The van der Waals surface area contributed by atoms with Crippen molar-refractivity contribution in [1.29, 1.82) is 0 Å². The lowest BCUT2D eigenvalue weighted by Gasteiger charge is -2.40. The molecular weight excluding hydrogens is 390 g/mol. The Morgan fingerprint density at radius 2 is 1.77 bits per heavy atom. The van der Waals surface area contributed by atoms with Crippen molar-refractivity contribution in [2.24, 2.45) is 5.41 Å². The van der Waals surface area contributed by atoms with Crippen LogP contribution >= 0.6 is 0 Å². The number of rotatable bonds is 4. The van der Waals surface area contributed by atoms with Gasteiger partial charge in [0.2, 0.25) is 0 Å². The number of hydrogen-bond acceptors (Lipinski definition) is 5. The van der Waals surface area contributed by atoms with Crippen LogP contribution < -0.4 is 19.5 Å². The van der Waals surface area contributed by atoms with Crippen LogP contribution in [-0.4, -0.2) is 25.6 Å². The summed E-state index contributed by atoms with van der Waals surface area (Å²) < 4.78 is 17.4. The Kier molecular flexibility index (Phi) is 4.92. The van der Waals surface area contributed by atoms with Crippen LogP contribution in [-0.2, 0) is 4.79 Å². The molecule has 2 aromatic carbocycles. The van der Waals surface area contributed by atoms with Gasteiger partial charge in [-0.1, -0.05) is 32.9 Å². The minimum Gasteiger partial charge on any atom is -0.494 e. The molecule has 3 aliphatic rings. The van der Waals surface area contributed by atoms with Crippen LogP contribution in [0.15, 0.2) is 47.7 Å². The van der Waals surface area contributed by atoms with Crippen molar-refractivity contribution in [2.75, 3.05) is 25.1 Å². The van der Waals surface area contributed by atoms with Crippen molar-refractivity contribution in [2.45, 2.75) is 46.0 Å². The highest BCUT2D eigenvalue weighted by Gasteiger charge is 2.41. The topological polar surface area (TPSA) is 56.8 Å². The third kappa shape index (κ3) is 3.67. The van der Waals surface area contributed by atoms with E-state index < -0.39 is 0 Å². The summed E-state index contributed by atoms with van der Waals surface area (Å²) in [6.45, 7) is 8.19. The molecule has 0 bridgehead atoms. The fraction of sp³-hybridized carbons (Fsp3) is 0.423. The second-order valence-electron chi connectivity index (χ2n) is 9.39. The first-order chi connectivity index (χ1) is 14.9. The van der Waals surface area contributed by atoms with Crippen LogP contribution in [0.25, 0.3) is 0 Å². The molecule has 0 unspecified atom stereocenters. The smallest absolute Gasteiger partial charge is 0.163 e.